The summed E-state index contributed by atoms with van der Waals surface area (Å²) in [4.78, 5) is 29.0. The topological polar surface area (TPSA) is 61.9 Å². The van der Waals surface area contributed by atoms with Crippen LogP contribution in [0.5, 0.6) is 5.75 Å². The van der Waals surface area contributed by atoms with Crippen molar-refractivity contribution in [2.75, 3.05) is 38.0 Å². The fourth-order valence-corrected chi connectivity index (χ4v) is 3.48. The van der Waals surface area contributed by atoms with E-state index >= 15 is 0 Å². The summed E-state index contributed by atoms with van der Waals surface area (Å²) >= 11 is 0. The molecule has 29 heavy (non-hydrogen) atoms. The SMILES string of the molecule is CCc1ccccc1NC(=O)CN1CCN(C(=O)C(C)Oc2ccccc2)CC1. The van der Waals surface area contributed by atoms with Gasteiger partial charge >= 0.3 is 0 Å². The number of nitrogens with one attached hydrogen (secondary N) is 1. The molecule has 154 valence electrons. The van der Waals surface area contributed by atoms with Crippen molar-refractivity contribution < 1.29 is 14.3 Å². The predicted octanol–water partition coefficient (Wildman–Crippen LogP) is 2.80. The summed E-state index contributed by atoms with van der Waals surface area (Å²) in [5, 5.41) is 3.01. The number of hydrogen-bond donors (Lipinski definition) is 1. The molecule has 6 heteroatoms. The van der Waals surface area contributed by atoms with E-state index in [0.29, 0.717) is 38.5 Å². The Morgan fingerprint density at radius 1 is 1.00 bits per heavy atom. The fourth-order valence-electron chi connectivity index (χ4n) is 3.48. The number of para-hydroxylation sites is 2. The first kappa shape index (κ1) is 20.9. The Hall–Kier alpha value is -2.86. The van der Waals surface area contributed by atoms with E-state index in [1.807, 2.05) is 59.5 Å². The summed E-state index contributed by atoms with van der Waals surface area (Å²) in [7, 11) is 0. The van der Waals surface area contributed by atoms with Gasteiger partial charge in [-0.05, 0) is 37.1 Å². The molecule has 1 atom stereocenters. The third kappa shape index (κ3) is 5.81. The normalized spacial score (nSPS) is 15.6. The Bertz CT molecular complexity index is 817. The molecule has 0 spiro atoms. The summed E-state index contributed by atoms with van der Waals surface area (Å²) in [5.74, 6) is 0.650. The molecule has 1 unspecified atom stereocenters. The highest BCUT2D eigenvalue weighted by atomic mass is 16.5. The van der Waals surface area contributed by atoms with Gasteiger partial charge in [0.1, 0.15) is 5.75 Å². The van der Waals surface area contributed by atoms with Gasteiger partial charge in [-0.2, -0.15) is 0 Å². The van der Waals surface area contributed by atoms with Crippen LogP contribution in [-0.4, -0.2) is 60.4 Å². The Kier molecular flexibility index (Phi) is 7.25. The number of anilines is 1. The number of amides is 2. The quantitative estimate of drug-likeness (QED) is 0.783. The van der Waals surface area contributed by atoms with Crippen LogP contribution >= 0.6 is 0 Å². The summed E-state index contributed by atoms with van der Waals surface area (Å²) in [6.07, 6.45) is 0.346. The molecule has 1 fully saturated rings. The maximum absolute atomic E-state index is 12.6. The lowest BCUT2D eigenvalue weighted by Crippen LogP contribution is -2.53. The second kappa shape index (κ2) is 10.1. The van der Waals surface area contributed by atoms with Crippen LogP contribution < -0.4 is 10.1 Å². The molecular formula is C23H29N3O3. The van der Waals surface area contributed by atoms with Gasteiger partial charge in [0.25, 0.3) is 5.91 Å². The van der Waals surface area contributed by atoms with Crippen molar-refractivity contribution in [2.45, 2.75) is 26.4 Å². The smallest absolute Gasteiger partial charge is 0.263 e. The summed E-state index contributed by atoms with van der Waals surface area (Å²) in [6, 6.07) is 17.2. The van der Waals surface area contributed by atoms with Crippen LogP contribution in [0.3, 0.4) is 0 Å². The molecule has 2 amide bonds. The van der Waals surface area contributed by atoms with Gasteiger partial charge in [0, 0.05) is 31.9 Å². The fraction of sp³-hybridized carbons (Fsp3) is 0.391. The van der Waals surface area contributed by atoms with E-state index < -0.39 is 6.10 Å². The first-order chi connectivity index (χ1) is 14.1. The number of carbonyl (C=O) groups excluding carboxylic acids is 2. The molecule has 0 saturated carbocycles. The van der Waals surface area contributed by atoms with Gasteiger partial charge in [-0.25, -0.2) is 0 Å². The lowest BCUT2D eigenvalue weighted by atomic mass is 10.1. The molecule has 0 aromatic heterocycles. The minimum absolute atomic E-state index is 0.0187. The molecule has 1 heterocycles. The van der Waals surface area contributed by atoms with Gasteiger partial charge in [-0.1, -0.05) is 43.3 Å². The monoisotopic (exact) mass is 395 g/mol. The van der Waals surface area contributed by atoms with E-state index in [0.717, 1.165) is 17.7 Å². The second-order valence-electron chi connectivity index (χ2n) is 7.23. The average Bonchev–Trinajstić information content (AvgIpc) is 2.75. The van der Waals surface area contributed by atoms with Crippen molar-refractivity contribution in [3.63, 3.8) is 0 Å². The Labute approximate surface area is 172 Å². The number of benzene rings is 2. The van der Waals surface area contributed by atoms with Crippen LogP contribution in [0.4, 0.5) is 5.69 Å². The van der Waals surface area contributed by atoms with Crippen molar-refractivity contribution >= 4 is 17.5 Å². The lowest BCUT2D eigenvalue weighted by Gasteiger charge is -2.35. The Balaban J connectivity index is 1.45. The van der Waals surface area contributed by atoms with Crippen LogP contribution in [0.2, 0.25) is 0 Å². The number of nitrogens with zero attached hydrogens (tertiary/aromatic N) is 2. The third-order valence-electron chi connectivity index (χ3n) is 5.13. The van der Waals surface area contributed by atoms with Crippen LogP contribution in [0.15, 0.2) is 54.6 Å². The van der Waals surface area contributed by atoms with Crippen LogP contribution in [0.1, 0.15) is 19.4 Å². The zero-order valence-electron chi connectivity index (χ0n) is 17.1. The van der Waals surface area contributed by atoms with Gasteiger partial charge in [0.2, 0.25) is 5.91 Å². The van der Waals surface area contributed by atoms with Crippen molar-refractivity contribution in [2.24, 2.45) is 0 Å². The van der Waals surface area contributed by atoms with Crippen molar-refractivity contribution in [1.82, 2.24) is 9.80 Å². The van der Waals surface area contributed by atoms with E-state index in [1.165, 1.54) is 0 Å². The molecule has 1 N–H and O–H groups in total. The highest BCUT2D eigenvalue weighted by molar-refractivity contribution is 5.93. The second-order valence-corrected chi connectivity index (χ2v) is 7.23. The zero-order chi connectivity index (χ0) is 20.6. The molecule has 6 nitrogen and oxygen atoms in total. The summed E-state index contributed by atoms with van der Waals surface area (Å²) in [5.41, 5.74) is 2.00. The van der Waals surface area contributed by atoms with Gasteiger partial charge < -0.3 is 15.0 Å². The molecule has 1 aliphatic rings. The summed E-state index contributed by atoms with van der Waals surface area (Å²) in [6.45, 7) is 6.72. The van der Waals surface area contributed by atoms with Crippen molar-refractivity contribution in [3.8, 4) is 5.75 Å². The molecule has 2 aromatic rings. The van der Waals surface area contributed by atoms with Gasteiger partial charge in [-0.15, -0.1) is 0 Å². The zero-order valence-corrected chi connectivity index (χ0v) is 17.1. The molecule has 0 aliphatic carbocycles. The van der Waals surface area contributed by atoms with Crippen LogP contribution in [0, 0.1) is 0 Å². The third-order valence-corrected chi connectivity index (χ3v) is 5.13. The Morgan fingerprint density at radius 2 is 1.66 bits per heavy atom. The first-order valence-corrected chi connectivity index (χ1v) is 10.2. The van der Waals surface area contributed by atoms with E-state index in [9.17, 15) is 9.59 Å². The minimum atomic E-state index is -0.530. The Morgan fingerprint density at radius 3 is 2.34 bits per heavy atom. The molecular weight excluding hydrogens is 366 g/mol. The number of aryl methyl sites for hydroxylation is 1. The van der Waals surface area contributed by atoms with E-state index in [4.69, 9.17) is 4.74 Å². The van der Waals surface area contributed by atoms with E-state index in [-0.39, 0.29) is 11.8 Å². The minimum Gasteiger partial charge on any atom is -0.481 e. The molecule has 0 radical (unpaired) electrons. The highest BCUT2D eigenvalue weighted by Crippen LogP contribution is 2.16. The van der Waals surface area contributed by atoms with Gasteiger partial charge in [0.05, 0.1) is 6.54 Å². The maximum atomic E-state index is 12.6. The van der Waals surface area contributed by atoms with Gasteiger partial charge in [0.15, 0.2) is 6.10 Å². The summed E-state index contributed by atoms with van der Waals surface area (Å²) < 4.78 is 5.74. The number of hydrogen-bond acceptors (Lipinski definition) is 4. The molecule has 2 aromatic carbocycles. The van der Waals surface area contributed by atoms with Gasteiger partial charge in [-0.3, -0.25) is 14.5 Å². The molecule has 1 saturated heterocycles. The number of ether oxygens (including phenoxy) is 1. The predicted molar refractivity (Wildman–Crippen MR) is 114 cm³/mol. The number of carbonyl (C=O) groups is 2. The molecule has 1 aliphatic heterocycles. The van der Waals surface area contributed by atoms with Crippen LogP contribution in [0.25, 0.3) is 0 Å². The van der Waals surface area contributed by atoms with E-state index in [2.05, 4.69) is 17.1 Å². The molecule has 0 bridgehead atoms. The largest absolute Gasteiger partial charge is 0.481 e. The standard InChI is InChI=1S/C23H29N3O3/c1-3-19-9-7-8-12-21(19)24-22(27)17-25-13-15-26(16-14-25)23(28)18(2)29-20-10-5-4-6-11-20/h4-12,18H,3,13-17H2,1-2H3,(H,24,27). The number of rotatable bonds is 7. The highest BCUT2D eigenvalue weighted by Gasteiger charge is 2.26. The molecule has 3 rings (SSSR count). The van der Waals surface area contributed by atoms with Crippen LogP contribution in [-0.2, 0) is 16.0 Å². The maximum Gasteiger partial charge on any atom is 0.263 e. The lowest BCUT2D eigenvalue weighted by molar-refractivity contribution is -0.139. The van der Waals surface area contributed by atoms with Crippen molar-refractivity contribution in [1.29, 1.82) is 0 Å². The first-order valence-electron chi connectivity index (χ1n) is 10.2. The number of piperazine rings is 1. The average molecular weight is 396 g/mol. The van der Waals surface area contributed by atoms with Crippen molar-refractivity contribution in [3.05, 3.63) is 60.2 Å². The van der Waals surface area contributed by atoms with E-state index in [1.54, 1.807) is 6.92 Å².